The topological polar surface area (TPSA) is 46.2 Å². The maximum absolute atomic E-state index is 9.58. The zero-order valence-electron chi connectivity index (χ0n) is 9.37. The first kappa shape index (κ1) is 15.7. The van der Waals surface area contributed by atoms with Crippen LogP contribution in [0, 0.1) is 11.3 Å². The van der Waals surface area contributed by atoms with Crippen molar-refractivity contribution in [3.05, 3.63) is 0 Å². The van der Waals surface area contributed by atoms with Crippen molar-refractivity contribution >= 4 is 12.4 Å². The second kappa shape index (κ2) is 5.84. The highest BCUT2D eigenvalue weighted by atomic mass is 35.5. The van der Waals surface area contributed by atoms with Crippen molar-refractivity contribution in [2.75, 3.05) is 0 Å². The van der Waals surface area contributed by atoms with Crippen molar-refractivity contribution in [2.24, 2.45) is 17.1 Å². The molecule has 82 valence electrons. The standard InChI is InChI=1S/C10H23NO.ClH/c1-7(2)8(12)6-9(11)10(3,4)5;/h7-9,12H,6,11H2,1-5H3;1H/t8-,9-;/m0./s1. The molecule has 0 spiro atoms. The van der Waals surface area contributed by atoms with Gasteiger partial charge in [0.1, 0.15) is 0 Å². The van der Waals surface area contributed by atoms with E-state index in [2.05, 4.69) is 20.8 Å². The van der Waals surface area contributed by atoms with Gasteiger partial charge in [-0.25, -0.2) is 0 Å². The number of hydrogen-bond donors (Lipinski definition) is 2. The molecular weight excluding hydrogens is 186 g/mol. The molecule has 0 heterocycles. The lowest BCUT2D eigenvalue weighted by molar-refractivity contribution is 0.0915. The van der Waals surface area contributed by atoms with Gasteiger partial charge in [0, 0.05) is 6.04 Å². The summed E-state index contributed by atoms with van der Waals surface area (Å²) in [5.41, 5.74) is 6.02. The van der Waals surface area contributed by atoms with Crippen LogP contribution in [-0.4, -0.2) is 17.3 Å². The van der Waals surface area contributed by atoms with Crippen molar-refractivity contribution in [1.82, 2.24) is 0 Å². The Labute approximate surface area is 88.3 Å². The predicted octanol–water partition coefficient (Wildman–Crippen LogP) is 2.19. The molecule has 3 heteroatoms. The fourth-order valence-corrected chi connectivity index (χ4v) is 0.886. The third-order valence-electron chi connectivity index (χ3n) is 2.38. The van der Waals surface area contributed by atoms with E-state index in [0.717, 1.165) is 0 Å². The molecule has 0 unspecified atom stereocenters. The summed E-state index contributed by atoms with van der Waals surface area (Å²) in [6.07, 6.45) is 0.431. The van der Waals surface area contributed by atoms with Crippen LogP contribution in [0.2, 0.25) is 0 Å². The van der Waals surface area contributed by atoms with Crippen LogP contribution >= 0.6 is 12.4 Å². The van der Waals surface area contributed by atoms with E-state index in [9.17, 15) is 5.11 Å². The van der Waals surface area contributed by atoms with Gasteiger partial charge in [0.15, 0.2) is 0 Å². The van der Waals surface area contributed by atoms with E-state index in [1.54, 1.807) is 0 Å². The minimum Gasteiger partial charge on any atom is -0.393 e. The lowest BCUT2D eigenvalue weighted by Gasteiger charge is -2.29. The molecule has 0 radical (unpaired) electrons. The first-order chi connectivity index (χ1) is 5.25. The van der Waals surface area contributed by atoms with E-state index in [1.807, 2.05) is 13.8 Å². The molecule has 0 aromatic heterocycles. The first-order valence-electron chi connectivity index (χ1n) is 4.68. The van der Waals surface area contributed by atoms with Crippen molar-refractivity contribution < 1.29 is 5.11 Å². The van der Waals surface area contributed by atoms with Crippen molar-refractivity contribution in [2.45, 2.75) is 53.2 Å². The normalized spacial score (nSPS) is 16.6. The Hall–Kier alpha value is 0.210. The van der Waals surface area contributed by atoms with Gasteiger partial charge < -0.3 is 10.8 Å². The molecule has 0 aliphatic rings. The van der Waals surface area contributed by atoms with Crippen LogP contribution in [-0.2, 0) is 0 Å². The second-order valence-electron chi connectivity index (χ2n) is 5.02. The molecule has 0 amide bonds. The van der Waals surface area contributed by atoms with E-state index in [0.29, 0.717) is 12.3 Å². The second-order valence-corrected chi connectivity index (χ2v) is 5.02. The summed E-state index contributed by atoms with van der Waals surface area (Å²) < 4.78 is 0. The molecular formula is C10H24ClNO. The Balaban J connectivity index is 0. The molecule has 0 aromatic rings. The SMILES string of the molecule is CC(C)[C@@H](O)C[C@H](N)C(C)(C)C.Cl. The molecule has 0 aliphatic carbocycles. The first-order valence-corrected chi connectivity index (χ1v) is 4.68. The lowest BCUT2D eigenvalue weighted by atomic mass is 9.82. The molecule has 2 atom stereocenters. The van der Waals surface area contributed by atoms with Crippen molar-refractivity contribution in [3.63, 3.8) is 0 Å². The molecule has 0 aliphatic heterocycles. The number of aliphatic hydroxyl groups is 1. The number of nitrogens with two attached hydrogens (primary N) is 1. The highest BCUT2D eigenvalue weighted by molar-refractivity contribution is 5.85. The van der Waals surface area contributed by atoms with Gasteiger partial charge in [0.2, 0.25) is 0 Å². The van der Waals surface area contributed by atoms with Crippen LogP contribution in [0.1, 0.15) is 41.0 Å². The highest BCUT2D eigenvalue weighted by Gasteiger charge is 2.24. The smallest absolute Gasteiger partial charge is 0.0578 e. The number of rotatable bonds is 3. The Morgan fingerprint density at radius 3 is 1.85 bits per heavy atom. The monoisotopic (exact) mass is 209 g/mol. The lowest BCUT2D eigenvalue weighted by Crippen LogP contribution is -2.39. The molecule has 0 saturated heterocycles. The van der Waals surface area contributed by atoms with Gasteiger partial charge in [-0.15, -0.1) is 12.4 Å². The van der Waals surface area contributed by atoms with Crippen LogP contribution in [0.15, 0.2) is 0 Å². The Morgan fingerprint density at radius 2 is 1.62 bits per heavy atom. The Morgan fingerprint density at radius 1 is 1.23 bits per heavy atom. The van der Waals surface area contributed by atoms with E-state index >= 15 is 0 Å². The van der Waals surface area contributed by atoms with E-state index in [1.165, 1.54) is 0 Å². The summed E-state index contributed by atoms with van der Waals surface area (Å²) in [6.45, 7) is 10.3. The zero-order chi connectivity index (χ0) is 9.94. The molecule has 2 nitrogen and oxygen atoms in total. The average molecular weight is 210 g/mol. The summed E-state index contributed by atoms with van der Waals surface area (Å²) >= 11 is 0. The quantitative estimate of drug-likeness (QED) is 0.749. The van der Waals surface area contributed by atoms with Gasteiger partial charge in [0.05, 0.1) is 6.10 Å². The largest absolute Gasteiger partial charge is 0.393 e. The maximum Gasteiger partial charge on any atom is 0.0578 e. The third-order valence-corrected chi connectivity index (χ3v) is 2.38. The zero-order valence-corrected chi connectivity index (χ0v) is 10.2. The summed E-state index contributed by atoms with van der Waals surface area (Å²) in [5, 5.41) is 9.58. The minimum atomic E-state index is -0.265. The van der Waals surface area contributed by atoms with Crippen LogP contribution in [0.5, 0.6) is 0 Å². The van der Waals surface area contributed by atoms with Crippen LogP contribution < -0.4 is 5.73 Å². The van der Waals surface area contributed by atoms with E-state index in [4.69, 9.17) is 5.73 Å². The number of aliphatic hydroxyl groups excluding tert-OH is 1. The third kappa shape index (κ3) is 6.30. The predicted molar refractivity (Wildman–Crippen MR) is 60.1 cm³/mol. The summed E-state index contributed by atoms with van der Waals surface area (Å²) in [6, 6.07) is 0.0786. The van der Waals surface area contributed by atoms with Crippen molar-refractivity contribution in [3.8, 4) is 0 Å². The van der Waals surface area contributed by atoms with Gasteiger partial charge in [-0.3, -0.25) is 0 Å². The molecule has 0 saturated carbocycles. The maximum atomic E-state index is 9.58. The van der Waals surface area contributed by atoms with Gasteiger partial charge in [-0.1, -0.05) is 34.6 Å². The number of hydrogen-bond acceptors (Lipinski definition) is 2. The molecule has 0 fully saturated rings. The fourth-order valence-electron chi connectivity index (χ4n) is 0.886. The molecule has 0 aromatic carbocycles. The van der Waals surface area contributed by atoms with E-state index < -0.39 is 0 Å². The van der Waals surface area contributed by atoms with Gasteiger partial charge >= 0.3 is 0 Å². The highest BCUT2D eigenvalue weighted by Crippen LogP contribution is 2.22. The van der Waals surface area contributed by atoms with Gasteiger partial charge in [-0.2, -0.15) is 0 Å². The summed E-state index contributed by atoms with van der Waals surface area (Å²) in [4.78, 5) is 0. The number of halogens is 1. The minimum absolute atomic E-state index is 0. The van der Waals surface area contributed by atoms with Gasteiger partial charge in [-0.05, 0) is 17.8 Å². The average Bonchev–Trinajstić information content (AvgIpc) is 1.85. The molecule has 0 bridgehead atoms. The molecule has 3 N–H and O–H groups in total. The van der Waals surface area contributed by atoms with Crippen LogP contribution in [0.4, 0.5) is 0 Å². The molecule has 13 heavy (non-hydrogen) atoms. The molecule has 0 rings (SSSR count). The van der Waals surface area contributed by atoms with Gasteiger partial charge in [0.25, 0.3) is 0 Å². The van der Waals surface area contributed by atoms with E-state index in [-0.39, 0.29) is 30.0 Å². The Bertz CT molecular complexity index is 131. The van der Waals surface area contributed by atoms with Crippen LogP contribution in [0.25, 0.3) is 0 Å². The summed E-state index contributed by atoms with van der Waals surface area (Å²) in [7, 11) is 0. The van der Waals surface area contributed by atoms with Crippen LogP contribution in [0.3, 0.4) is 0 Å². The summed E-state index contributed by atoms with van der Waals surface area (Å²) in [5.74, 6) is 0.304. The fraction of sp³-hybridized carbons (Fsp3) is 1.00. The van der Waals surface area contributed by atoms with Crippen molar-refractivity contribution in [1.29, 1.82) is 0 Å². The Kier molecular flexibility index (Phi) is 7.04.